The quantitative estimate of drug-likeness (QED) is 0.262. The molecule has 2 rings (SSSR count). The molecule has 2 aromatic carbocycles. The van der Waals surface area contributed by atoms with Crippen LogP contribution in [-0.2, 0) is 29.7 Å². The van der Waals surface area contributed by atoms with E-state index in [-0.39, 0.29) is 22.8 Å². The van der Waals surface area contributed by atoms with Gasteiger partial charge < -0.3 is 16.2 Å². The lowest BCUT2D eigenvalue weighted by Gasteiger charge is -2.13. The molecule has 0 radical (unpaired) electrons. The second kappa shape index (κ2) is 9.62. The van der Waals surface area contributed by atoms with Crippen molar-refractivity contribution in [2.75, 3.05) is 5.32 Å². The molecule has 0 saturated heterocycles. The minimum absolute atomic E-state index is 0.139. The maximum Gasteiger partial charge on any atom is 0.298 e. The van der Waals surface area contributed by atoms with Crippen LogP contribution in [-0.4, -0.2) is 44.4 Å². The van der Waals surface area contributed by atoms with Crippen LogP contribution in [0.25, 0.3) is 0 Å². The zero-order chi connectivity index (χ0) is 23.4. The van der Waals surface area contributed by atoms with Crippen molar-refractivity contribution in [3.05, 3.63) is 47.5 Å². The van der Waals surface area contributed by atoms with Crippen molar-refractivity contribution < 1.29 is 36.1 Å². The number of anilines is 1. The number of rotatable bonds is 8. The predicted molar refractivity (Wildman–Crippen MR) is 111 cm³/mol. The molecular weight excluding hydrogens is 474 g/mol. The first-order valence-corrected chi connectivity index (χ1v) is 11.8. The molecule has 2 aromatic rings. The molecule has 0 aliphatic heterocycles. The van der Waals surface area contributed by atoms with Crippen LogP contribution in [0.15, 0.2) is 52.3 Å². The lowest BCUT2D eigenvalue weighted by molar-refractivity contribution is -0.121. The number of hydrogen-bond donors (Lipinski definition) is 5. The molecule has 0 heterocycles. The van der Waals surface area contributed by atoms with Gasteiger partial charge in [0.2, 0.25) is 5.91 Å². The molecule has 0 saturated carbocycles. The van der Waals surface area contributed by atoms with E-state index in [1.807, 2.05) is 4.72 Å². The van der Waals surface area contributed by atoms with Gasteiger partial charge in [-0.25, -0.2) is 13.1 Å². The highest BCUT2D eigenvalue weighted by Gasteiger charge is 2.24. The van der Waals surface area contributed by atoms with Gasteiger partial charge in [0.25, 0.3) is 26.0 Å². The van der Waals surface area contributed by atoms with Crippen molar-refractivity contribution >= 4 is 49.2 Å². The van der Waals surface area contributed by atoms with Crippen LogP contribution in [0.4, 0.5) is 5.69 Å². The van der Waals surface area contributed by atoms with E-state index in [0.717, 1.165) is 12.1 Å². The first-order chi connectivity index (χ1) is 14.3. The van der Waals surface area contributed by atoms with Gasteiger partial charge in [-0.15, -0.1) is 0 Å². The summed E-state index contributed by atoms with van der Waals surface area (Å²) in [6, 6.07) is 7.59. The monoisotopic (exact) mass is 491 g/mol. The second-order valence-corrected chi connectivity index (χ2v) is 9.76. The first kappa shape index (κ1) is 24.6. The zero-order valence-electron chi connectivity index (χ0n) is 15.6. The maximum atomic E-state index is 12.1. The highest BCUT2D eigenvalue weighted by Crippen LogP contribution is 2.34. The molecule has 6 N–H and O–H groups in total. The molecule has 0 aliphatic rings. The van der Waals surface area contributed by atoms with E-state index in [1.165, 1.54) is 24.3 Å². The van der Waals surface area contributed by atoms with Crippen LogP contribution in [0.2, 0.25) is 5.02 Å². The topological polar surface area (TPSA) is 193 Å². The molecule has 2 amide bonds. The van der Waals surface area contributed by atoms with Gasteiger partial charge in [-0.2, -0.15) is 8.42 Å². The van der Waals surface area contributed by atoms with E-state index in [1.54, 1.807) is 6.07 Å². The van der Waals surface area contributed by atoms with Crippen molar-refractivity contribution in [2.24, 2.45) is 5.73 Å². The highest BCUT2D eigenvalue weighted by atomic mass is 35.5. The third-order valence-electron chi connectivity index (χ3n) is 3.90. The van der Waals surface area contributed by atoms with Crippen LogP contribution in [0.1, 0.15) is 12.8 Å². The molecule has 0 bridgehead atoms. The van der Waals surface area contributed by atoms with E-state index >= 15 is 0 Å². The van der Waals surface area contributed by atoms with E-state index < -0.39 is 54.3 Å². The Balaban J connectivity index is 2.00. The fourth-order valence-corrected chi connectivity index (χ4v) is 4.33. The van der Waals surface area contributed by atoms with Gasteiger partial charge in [0.1, 0.15) is 4.90 Å². The summed E-state index contributed by atoms with van der Waals surface area (Å²) in [6.45, 7) is 0. The van der Waals surface area contributed by atoms with Crippen molar-refractivity contribution in [3.8, 4) is 5.75 Å². The number of nitrogens with two attached hydrogens (primary N) is 1. The number of halogens is 1. The number of phenols is 1. The van der Waals surface area contributed by atoms with Crippen molar-refractivity contribution in [1.82, 2.24) is 4.72 Å². The summed E-state index contributed by atoms with van der Waals surface area (Å²) in [5.74, 6) is -2.75. The number of carbonyl (C=O) groups excluding carboxylic acids is 2. The first-order valence-electron chi connectivity index (χ1n) is 8.48. The number of aromatic hydroxyl groups is 1. The van der Waals surface area contributed by atoms with Crippen LogP contribution < -0.4 is 15.8 Å². The fraction of sp³-hybridized carbons (Fsp3) is 0.176. The lowest BCUT2D eigenvalue weighted by Crippen LogP contribution is -2.43. The Bertz CT molecular complexity index is 1200. The van der Waals surface area contributed by atoms with Gasteiger partial charge in [-0.3, -0.25) is 14.1 Å². The summed E-state index contributed by atoms with van der Waals surface area (Å²) in [7, 11) is -8.94. The molecule has 168 valence electrons. The van der Waals surface area contributed by atoms with E-state index in [4.69, 9.17) is 21.9 Å². The van der Waals surface area contributed by atoms with Crippen LogP contribution in [0.3, 0.4) is 0 Å². The number of phenolic OH excluding ortho intramolecular Hbond substituents is 1. The third kappa shape index (κ3) is 6.63. The largest absolute Gasteiger partial charge is 0.504 e. The summed E-state index contributed by atoms with van der Waals surface area (Å²) in [4.78, 5) is 23.1. The Morgan fingerprint density at radius 2 is 1.71 bits per heavy atom. The van der Waals surface area contributed by atoms with Crippen LogP contribution in [0.5, 0.6) is 5.75 Å². The molecule has 0 unspecified atom stereocenters. The fourth-order valence-electron chi connectivity index (χ4n) is 2.36. The summed E-state index contributed by atoms with van der Waals surface area (Å²) in [6.07, 6.45) is -0.651. The third-order valence-corrected chi connectivity index (χ3v) is 6.35. The predicted octanol–water partition coefficient (Wildman–Crippen LogP) is 0.843. The normalized spacial score (nSPS) is 12.7. The number of carbonyl (C=O) groups is 2. The molecule has 0 aliphatic carbocycles. The Labute approximate surface area is 183 Å². The lowest BCUT2D eigenvalue weighted by atomic mass is 10.1. The summed E-state index contributed by atoms with van der Waals surface area (Å²) >= 11 is 5.72. The molecule has 11 nitrogen and oxygen atoms in total. The van der Waals surface area contributed by atoms with Gasteiger partial charge in [-0.05, 0) is 30.7 Å². The van der Waals surface area contributed by atoms with Crippen molar-refractivity contribution in [3.63, 3.8) is 0 Å². The van der Waals surface area contributed by atoms with Gasteiger partial charge in [0.15, 0.2) is 5.75 Å². The average Bonchev–Trinajstić information content (AvgIpc) is 2.68. The van der Waals surface area contributed by atoms with Crippen LogP contribution in [0, 0.1) is 0 Å². The number of sulfonamides is 1. The van der Waals surface area contributed by atoms with E-state index in [9.17, 15) is 31.5 Å². The number of benzene rings is 2. The molecule has 14 heteroatoms. The van der Waals surface area contributed by atoms with Crippen molar-refractivity contribution in [1.29, 1.82) is 0 Å². The minimum atomic E-state index is -4.81. The summed E-state index contributed by atoms with van der Waals surface area (Å²) in [5.41, 5.74) is 5.25. The van der Waals surface area contributed by atoms with Crippen LogP contribution >= 0.6 is 11.6 Å². The number of hydrogen-bond acceptors (Lipinski definition) is 8. The Morgan fingerprint density at radius 3 is 2.29 bits per heavy atom. The van der Waals surface area contributed by atoms with Gasteiger partial charge in [0.05, 0.1) is 16.6 Å². The average molecular weight is 492 g/mol. The Morgan fingerprint density at radius 1 is 1.10 bits per heavy atom. The second-order valence-electron chi connectivity index (χ2n) is 6.25. The zero-order valence-corrected chi connectivity index (χ0v) is 18.0. The standard InChI is InChI=1S/C17H18ClN3O8S2/c18-10-8-13(16(23)14(9-10)31(27,28)29)20-15(22)7-6-12(19)17(24)21-30(25,26)11-4-2-1-3-5-11/h1-5,8-9,12,23H,6-7,19H2,(H,20,22)(H,21,24)(H,27,28,29)/t12-/m0/s1. The van der Waals surface area contributed by atoms with Gasteiger partial charge in [-0.1, -0.05) is 29.8 Å². The van der Waals surface area contributed by atoms with Gasteiger partial charge >= 0.3 is 0 Å². The Hall–Kier alpha value is -2.71. The molecule has 0 aromatic heterocycles. The smallest absolute Gasteiger partial charge is 0.298 e. The molecular formula is C17H18ClN3O8S2. The van der Waals surface area contributed by atoms with E-state index in [2.05, 4.69) is 5.32 Å². The SMILES string of the molecule is N[C@@H](CCC(=O)Nc1cc(Cl)cc(S(=O)(=O)O)c1O)C(=O)NS(=O)(=O)c1ccccc1. The van der Waals surface area contributed by atoms with E-state index in [0.29, 0.717) is 0 Å². The molecule has 0 spiro atoms. The summed E-state index contributed by atoms with van der Waals surface area (Å²) in [5, 5.41) is 11.9. The number of nitrogens with one attached hydrogen (secondary N) is 2. The maximum absolute atomic E-state index is 12.1. The Kier molecular flexibility index (Phi) is 7.62. The molecule has 1 atom stereocenters. The molecule has 31 heavy (non-hydrogen) atoms. The van der Waals surface area contributed by atoms with Gasteiger partial charge in [0, 0.05) is 11.4 Å². The van der Waals surface area contributed by atoms with Crippen molar-refractivity contribution in [2.45, 2.75) is 28.7 Å². The minimum Gasteiger partial charge on any atom is -0.504 e. The summed E-state index contributed by atoms with van der Waals surface area (Å²) < 4.78 is 57.7. The highest BCUT2D eigenvalue weighted by molar-refractivity contribution is 7.90. The number of amides is 2. The molecule has 0 fully saturated rings.